The lowest BCUT2D eigenvalue weighted by Crippen LogP contribution is -2.40. The van der Waals surface area contributed by atoms with Crippen molar-refractivity contribution in [3.63, 3.8) is 0 Å². The minimum Gasteiger partial charge on any atom is -0.336 e. The third kappa shape index (κ3) is 5.43. The fourth-order valence-corrected chi connectivity index (χ4v) is 2.14. The zero-order valence-electron chi connectivity index (χ0n) is 12.5. The first-order valence-corrected chi connectivity index (χ1v) is 7.11. The predicted octanol–water partition coefficient (Wildman–Crippen LogP) is 2.81. The van der Waals surface area contributed by atoms with Crippen molar-refractivity contribution >= 4 is 5.91 Å². The third-order valence-corrected chi connectivity index (χ3v) is 3.17. The van der Waals surface area contributed by atoms with Gasteiger partial charge in [0, 0.05) is 25.0 Å². The lowest BCUT2D eigenvalue weighted by Gasteiger charge is -2.28. The van der Waals surface area contributed by atoms with Gasteiger partial charge in [0.1, 0.15) is 0 Å². The number of hydrogen-bond donors (Lipinski definition) is 1. The van der Waals surface area contributed by atoms with Gasteiger partial charge in [-0.05, 0) is 32.9 Å². The molecule has 1 unspecified atom stereocenters. The Balaban J connectivity index is 2.64. The van der Waals surface area contributed by atoms with Crippen LogP contribution in [0.1, 0.15) is 39.7 Å². The summed E-state index contributed by atoms with van der Waals surface area (Å²) in [5, 5.41) is 3.29. The van der Waals surface area contributed by atoms with E-state index in [9.17, 15) is 4.79 Å². The molecule has 1 amide bonds. The number of amides is 1. The van der Waals surface area contributed by atoms with Crippen LogP contribution in [0, 0.1) is 0 Å². The first kappa shape index (κ1) is 15.7. The summed E-state index contributed by atoms with van der Waals surface area (Å²) in [5.41, 5.74) is 1.18. The summed E-state index contributed by atoms with van der Waals surface area (Å²) in [6.07, 6.45) is 0.554. The topological polar surface area (TPSA) is 32.3 Å². The summed E-state index contributed by atoms with van der Waals surface area (Å²) in [4.78, 5) is 14.3. The van der Waals surface area contributed by atoms with E-state index in [0.717, 1.165) is 6.54 Å². The minimum absolute atomic E-state index is 0.215. The van der Waals surface area contributed by atoms with Gasteiger partial charge in [-0.25, -0.2) is 0 Å². The van der Waals surface area contributed by atoms with E-state index in [1.54, 1.807) is 0 Å². The van der Waals surface area contributed by atoms with Crippen molar-refractivity contribution in [1.82, 2.24) is 10.2 Å². The summed E-state index contributed by atoms with van der Waals surface area (Å²) < 4.78 is 0. The van der Waals surface area contributed by atoms with E-state index < -0.39 is 0 Å². The standard InChI is InChI=1S/C16H26N2O/c1-5-17-14(4)11-16(19)18(13(2)3)12-15-9-7-6-8-10-15/h6-10,13-14,17H,5,11-12H2,1-4H3. The quantitative estimate of drug-likeness (QED) is 0.819. The highest BCUT2D eigenvalue weighted by atomic mass is 16.2. The molecule has 0 aromatic heterocycles. The van der Waals surface area contributed by atoms with Crippen LogP contribution in [-0.4, -0.2) is 29.4 Å². The lowest BCUT2D eigenvalue weighted by molar-refractivity contribution is -0.134. The maximum Gasteiger partial charge on any atom is 0.224 e. The summed E-state index contributed by atoms with van der Waals surface area (Å²) in [7, 11) is 0. The molecular formula is C16H26N2O. The number of rotatable bonds is 7. The first-order valence-electron chi connectivity index (χ1n) is 7.11. The molecule has 0 heterocycles. The Morgan fingerprint density at radius 3 is 2.37 bits per heavy atom. The van der Waals surface area contributed by atoms with E-state index in [2.05, 4.69) is 45.1 Å². The zero-order chi connectivity index (χ0) is 14.3. The Morgan fingerprint density at radius 1 is 1.21 bits per heavy atom. The molecular weight excluding hydrogens is 236 g/mol. The number of benzene rings is 1. The van der Waals surface area contributed by atoms with Gasteiger partial charge in [0.15, 0.2) is 0 Å². The largest absolute Gasteiger partial charge is 0.336 e. The van der Waals surface area contributed by atoms with Crippen LogP contribution in [0.15, 0.2) is 30.3 Å². The molecule has 106 valence electrons. The van der Waals surface area contributed by atoms with Gasteiger partial charge in [-0.2, -0.15) is 0 Å². The summed E-state index contributed by atoms with van der Waals surface area (Å²) in [5.74, 6) is 0.215. The van der Waals surface area contributed by atoms with Crippen LogP contribution < -0.4 is 5.32 Å². The Hall–Kier alpha value is -1.35. The summed E-state index contributed by atoms with van der Waals surface area (Å²) in [6.45, 7) is 9.84. The van der Waals surface area contributed by atoms with Crippen molar-refractivity contribution in [1.29, 1.82) is 0 Å². The molecule has 1 atom stereocenters. The van der Waals surface area contributed by atoms with Crippen LogP contribution in [-0.2, 0) is 11.3 Å². The van der Waals surface area contributed by atoms with Gasteiger partial charge < -0.3 is 10.2 Å². The highest BCUT2D eigenvalue weighted by Crippen LogP contribution is 2.10. The Bertz CT molecular complexity index is 376. The highest BCUT2D eigenvalue weighted by molar-refractivity contribution is 5.77. The lowest BCUT2D eigenvalue weighted by atomic mass is 10.1. The molecule has 0 saturated heterocycles. The fraction of sp³-hybridized carbons (Fsp3) is 0.562. The van der Waals surface area contributed by atoms with Crippen molar-refractivity contribution in [2.45, 2.75) is 52.7 Å². The number of carbonyl (C=O) groups excluding carboxylic acids is 1. The second-order valence-electron chi connectivity index (χ2n) is 5.26. The summed E-state index contributed by atoms with van der Waals surface area (Å²) in [6, 6.07) is 10.6. The average Bonchev–Trinajstić information content (AvgIpc) is 2.36. The van der Waals surface area contributed by atoms with E-state index in [0.29, 0.717) is 13.0 Å². The van der Waals surface area contributed by atoms with Gasteiger partial charge in [0.05, 0.1) is 0 Å². The van der Waals surface area contributed by atoms with Crippen molar-refractivity contribution in [2.24, 2.45) is 0 Å². The van der Waals surface area contributed by atoms with Crippen molar-refractivity contribution in [2.75, 3.05) is 6.54 Å². The van der Waals surface area contributed by atoms with E-state index >= 15 is 0 Å². The van der Waals surface area contributed by atoms with Crippen LogP contribution >= 0.6 is 0 Å². The third-order valence-electron chi connectivity index (χ3n) is 3.17. The second-order valence-corrected chi connectivity index (χ2v) is 5.26. The monoisotopic (exact) mass is 262 g/mol. The summed E-state index contributed by atoms with van der Waals surface area (Å²) >= 11 is 0. The molecule has 0 spiro atoms. The number of hydrogen-bond acceptors (Lipinski definition) is 2. The molecule has 0 radical (unpaired) electrons. The second kappa shape index (κ2) is 7.95. The van der Waals surface area contributed by atoms with E-state index in [-0.39, 0.29) is 18.0 Å². The van der Waals surface area contributed by atoms with E-state index in [1.165, 1.54) is 5.56 Å². The van der Waals surface area contributed by atoms with E-state index in [4.69, 9.17) is 0 Å². The van der Waals surface area contributed by atoms with Gasteiger partial charge in [0.2, 0.25) is 5.91 Å². The minimum atomic E-state index is 0.215. The van der Waals surface area contributed by atoms with E-state index in [1.807, 2.05) is 23.1 Å². The van der Waals surface area contributed by atoms with Crippen molar-refractivity contribution in [3.05, 3.63) is 35.9 Å². The molecule has 0 fully saturated rings. The van der Waals surface area contributed by atoms with Gasteiger partial charge in [0.25, 0.3) is 0 Å². The Kier molecular flexibility index (Phi) is 6.57. The van der Waals surface area contributed by atoms with Gasteiger partial charge in [-0.15, -0.1) is 0 Å². The average molecular weight is 262 g/mol. The van der Waals surface area contributed by atoms with Crippen LogP contribution in [0.25, 0.3) is 0 Å². The molecule has 0 aliphatic heterocycles. The molecule has 1 aromatic carbocycles. The van der Waals surface area contributed by atoms with Crippen LogP contribution in [0.4, 0.5) is 0 Å². The maximum absolute atomic E-state index is 12.4. The SMILES string of the molecule is CCNC(C)CC(=O)N(Cc1ccccc1)C(C)C. The molecule has 0 aliphatic rings. The number of nitrogens with zero attached hydrogens (tertiary/aromatic N) is 1. The molecule has 0 bridgehead atoms. The molecule has 1 aromatic rings. The smallest absolute Gasteiger partial charge is 0.224 e. The van der Waals surface area contributed by atoms with Crippen LogP contribution in [0.3, 0.4) is 0 Å². The van der Waals surface area contributed by atoms with Crippen LogP contribution in [0.2, 0.25) is 0 Å². The normalized spacial score (nSPS) is 12.5. The molecule has 1 N–H and O–H groups in total. The molecule has 3 heteroatoms. The van der Waals surface area contributed by atoms with Gasteiger partial charge in [-0.3, -0.25) is 4.79 Å². The molecule has 0 aliphatic carbocycles. The molecule has 1 rings (SSSR count). The van der Waals surface area contributed by atoms with Crippen molar-refractivity contribution in [3.8, 4) is 0 Å². The number of carbonyl (C=O) groups is 1. The Morgan fingerprint density at radius 2 is 1.84 bits per heavy atom. The predicted molar refractivity (Wildman–Crippen MR) is 79.9 cm³/mol. The number of nitrogens with one attached hydrogen (secondary N) is 1. The van der Waals surface area contributed by atoms with Gasteiger partial charge in [-0.1, -0.05) is 37.3 Å². The zero-order valence-corrected chi connectivity index (χ0v) is 12.5. The van der Waals surface area contributed by atoms with Gasteiger partial charge >= 0.3 is 0 Å². The maximum atomic E-state index is 12.4. The fourth-order valence-electron chi connectivity index (χ4n) is 2.14. The first-order chi connectivity index (χ1) is 9.04. The highest BCUT2D eigenvalue weighted by Gasteiger charge is 2.19. The Labute approximate surface area is 117 Å². The molecule has 0 saturated carbocycles. The van der Waals surface area contributed by atoms with Crippen molar-refractivity contribution < 1.29 is 4.79 Å². The molecule has 3 nitrogen and oxygen atoms in total. The molecule has 19 heavy (non-hydrogen) atoms. The van der Waals surface area contributed by atoms with Crippen LogP contribution in [0.5, 0.6) is 0 Å².